The van der Waals surface area contributed by atoms with E-state index in [0.29, 0.717) is 40.5 Å². The van der Waals surface area contributed by atoms with Crippen molar-refractivity contribution in [3.05, 3.63) is 46.5 Å². The van der Waals surface area contributed by atoms with E-state index in [2.05, 4.69) is 16.4 Å². The maximum Gasteiger partial charge on any atom is 0.490 e. The maximum absolute atomic E-state index is 12.8. The number of imide groups is 1. The van der Waals surface area contributed by atoms with E-state index in [4.69, 9.17) is 15.6 Å². The third-order valence-electron chi connectivity index (χ3n) is 6.26. The summed E-state index contributed by atoms with van der Waals surface area (Å²) in [5.41, 5.74) is 10.0. The number of nitrogen functional groups attached to an aromatic ring is 1. The molecule has 192 valence electrons. The number of carbonyl (C=O) groups is 4. The number of fused-ring (bicyclic) bond motifs is 1. The molecule has 1 saturated carbocycles. The van der Waals surface area contributed by atoms with Crippen molar-refractivity contribution in [3.8, 4) is 17.3 Å². The summed E-state index contributed by atoms with van der Waals surface area (Å²) in [5, 5.41) is 19.1. The Balaban J connectivity index is 0.000000405. The van der Waals surface area contributed by atoms with Crippen molar-refractivity contribution >= 4 is 29.5 Å². The fraction of sp³-hybridized carbons (Fsp3) is 0.333. The molecule has 0 spiro atoms. The maximum atomic E-state index is 12.8. The van der Waals surface area contributed by atoms with Gasteiger partial charge in [0, 0.05) is 24.1 Å². The first-order valence-corrected chi connectivity index (χ1v) is 11.2. The predicted molar refractivity (Wildman–Crippen MR) is 121 cm³/mol. The molecule has 5 rings (SSSR count). The molecular weight excluding hydrogens is 495 g/mol. The highest BCUT2D eigenvalue weighted by Crippen LogP contribution is 2.43. The molecular formula is C24H20F3N5O5. The number of piperidine rings is 1. The summed E-state index contributed by atoms with van der Waals surface area (Å²) >= 11 is 0. The predicted octanol–water partition coefficient (Wildman–Crippen LogP) is 2.47. The lowest BCUT2D eigenvalue weighted by Gasteiger charge is -2.29. The van der Waals surface area contributed by atoms with Crippen LogP contribution in [0.25, 0.3) is 11.3 Å². The lowest BCUT2D eigenvalue weighted by molar-refractivity contribution is -0.192. The molecule has 10 nitrogen and oxygen atoms in total. The summed E-state index contributed by atoms with van der Waals surface area (Å²) in [6.45, 7) is 0.270. The van der Waals surface area contributed by atoms with Gasteiger partial charge in [0.2, 0.25) is 11.8 Å². The van der Waals surface area contributed by atoms with E-state index in [0.717, 1.165) is 24.0 Å². The number of benzene rings is 1. The van der Waals surface area contributed by atoms with Crippen LogP contribution in [0.15, 0.2) is 24.3 Å². The first-order valence-electron chi connectivity index (χ1n) is 11.2. The fourth-order valence-electron chi connectivity index (χ4n) is 4.29. The Labute approximate surface area is 207 Å². The molecule has 1 aromatic heterocycles. The van der Waals surface area contributed by atoms with Gasteiger partial charge in [-0.25, -0.2) is 9.78 Å². The molecule has 0 bridgehead atoms. The van der Waals surface area contributed by atoms with E-state index in [-0.39, 0.29) is 24.8 Å². The smallest absolute Gasteiger partial charge is 0.475 e. The first kappa shape index (κ1) is 25.6. The average molecular weight is 515 g/mol. The number of halogens is 3. The number of rotatable bonds is 3. The average Bonchev–Trinajstić information content (AvgIpc) is 3.62. The zero-order chi connectivity index (χ0) is 27.1. The van der Waals surface area contributed by atoms with Gasteiger partial charge in [0.15, 0.2) is 0 Å². The minimum Gasteiger partial charge on any atom is -0.475 e. The molecule has 1 aliphatic carbocycles. The van der Waals surface area contributed by atoms with Gasteiger partial charge in [-0.2, -0.15) is 18.4 Å². The Hall–Kier alpha value is -4.47. The number of carbonyl (C=O) groups excluding carboxylic acids is 3. The number of aliphatic carboxylic acids is 1. The van der Waals surface area contributed by atoms with Gasteiger partial charge in [-0.1, -0.05) is 6.07 Å². The first-order chi connectivity index (χ1) is 17.4. The van der Waals surface area contributed by atoms with Gasteiger partial charge in [-0.15, -0.1) is 0 Å². The number of carboxylic acid groups (broad SMARTS) is 1. The number of amides is 3. The second kappa shape index (κ2) is 9.53. The third-order valence-corrected chi connectivity index (χ3v) is 6.26. The highest BCUT2D eigenvalue weighted by Gasteiger charge is 2.39. The molecule has 1 unspecified atom stereocenters. The topological polar surface area (TPSA) is 166 Å². The Morgan fingerprint density at radius 3 is 2.43 bits per heavy atom. The van der Waals surface area contributed by atoms with Crippen molar-refractivity contribution in [2.24, 2.45) is 0 Å². The summed E-state index contributed by atoms with van der Waals surface area (Å²) in [6, 6.07) is 8.66. The fourth-order valence-corrected chi connectivity index (χ4v) is 4.29. The zero-order valence-corrected chi connectivity index (χ0v) is 19.1. The highest BCUT2D eigenvalue weighted by atomic mass is 19.4. The molecule has 37 heavy (non-hydrogen) atoms. The molecule has 0 radical (unpaired) electrons. The van der Waals surface area contributed by atoms with Crippen LogP contribution < -0.4 is 11.1 Å². The summed E-state index contributed by atoms with van der Waals surface area (Å²) in [7, 11) is 0. The Morgan fingerprint density at radius 2 is 1.86 bits per heavy atom. The van der Waals surface area contributed by atoms with Crippen molar-refractivity contribution in [3.63, 3.8) is 0 Å². The summed E-state index contributed by atoms with van der Waals surface area (Å²) in [6.07, 6.45) is -2.43. The molecule has 2 aliphatic heterocycles. The van der Waals surface area contributed by atoms with Crippen LogP contribution in [0.2, 0.25) is 0 Å². The molecule has 1 aromatic carbocycles. The molecule has 3 amide bonds. The molecule has 1 atom stereocenters. The van der Waals surface area contributed by atoms with Gasteiger partial charge >= 0.3 is 12.1 Å². The minimum atomic E-state index is -5.08. The molecule has 4 N–H and O–H groups in total. The zero-order valence-electron chi connectivity index (χ0n) is 19.1. The molecule has 13 heteroatoms. The third kappa shape index (κ3) is 5.23. The van der Waals surface area contributed by atoms with Gasteiger partial charge in [0.1, 0.15) is 17.9 Å². The minimum absolute atomic E-state index is 0.212. The number of alkyl halides is 3. The second-order valence-electron chi connectivity index (χ2n) is 8.82. The van der Waals surface area contributed by atoms with Crippen LogP contribution in [-0.4, -0.2) is 50.9 Å². The van der Waals surface area contributed by atoms with Crippen molar-refractivity contribution in [2.45, 2.75) is 50.4 Å². The Bertz CT molecular complexity index is 1360. The number of nitrogens with two attached hydrogens (primary N) is 1. The number of pyridine rings is 1. The van der Waals surface area contributed by atoms with E-state index in [1.165, 1.54) is 4.90 Å². The van der Waals surface area contributed by atoms with Crippen LogP contribution in [0.5, 0.6) is 0 Å². The van der Waals surface area contributed by atoms with E-state index in [1.807, 2.05) is 12.1 Å². The number of anilines is 1. The molecule has 3 aliphatic rings. The van der Waals surface area contributed by atoms with Gasteiger partial charge in [-0.05, 0) is 54.5 Å². The van der Waals surface area contributed by atoms with Gasteiger partial charge in [-0.3, -0.25) is 19.7 Å². The van der Waals surface area contributed by atoms with Crippen LogP contribution in [-0.2, 0) is 20.9 Å². The second-order valence-corrected chi connectivity index (χ2v) is 8.82. The van der Waals surface area contributed by atoms with Crippen molar-refractivity contribution in [1.82, 2.24) is 15.2 Å². The monoisotopic (exact) mass is 515 g/mol. The largest absolute Gasteiger partial charge is 0.490 e. The van der Waals surface area contributed by atoms with Crippen LogP contribution in [0.3, 0.4) is 0 Å². The number of nitrogens with zero attached hydrogens (tertiary/aromatic N) is 3. The van der Waals surface area contributed by atoms with E-state index in [1.54, 1.807) is 12.1 Å². The number of nitrogens with one attached hydrogen (secondary N) is 1. The summed E-state index contributed by atoms with van der Waals surface area (Å²) in [5.74, 6) is -2.92. The van der Waals surface area contributed by atoms with Crippen LogP contribution in [0, 0.1) is 11.3 Å². The molecule has 3 heterocycles. The number of hydrogen-bond donors (Lipinski definition) is 3. The number of aromatic nitrogens is 1. The van der Waals surface area contributed by atoms with Gasteiger partial charge in [0.05, 0.1) is 11.3 Å². The van der Waals surface area contributed by atoms with Crippen molar-refractivity contribution in [1.29, 1.82) is 5.26 Å². The number of hydrogen-bond acceptors (Lipinski definition) is 7. The number of carboxylic acids is 1. The van der Waals surface area contributed by atoms with Crippen LogP contribution in [0.1, 0.15) is 58.6 Å². The lowest BCUT2D eigenvalue weighted by atomic mass is 9.99. The molecule has 1 saturated heterocycles. The summed E-state index contributed by atoms with van der Waals surface area (Å²) in [4.78, 5) is 51.4. The summed E-state index contributed by atoms with van der Waals surface area (Å²) < 4.78 is 31.7. The Morgan fingerprint density at radius 1 is 1.19 bits per heavy atom. The SMILES string of the molecule is N#Cc1cc(C2CC2)c(N)nc1-c1ccc2c(c1)CN(C1CCC(=O)NC1=O)C2=O.O=C(O)C(F)(F)F. The molecule has 2 aromatic rings. The quantitative estimate of drug-likeness (QED) is 0.524. The van der Waals surface area contributed by atoms with E-state index in [9.17, 15) is 32.8 Å². The van der Waals surface area contributed by atoms with Crippen molar-refractivity contribution in [2.75, 3.05) is 5.73 Å². The van der Waals surface area contributed by atoms with E-state index < -0.39 is 24.1 Å². The van der Waals surface area contributed by atoms with E-state index >= 15 is 0 Å². The number of nitriles is 1. The van der Waals surface area contributed by atoms with Gasteiger partial charge < -0.3 is 15.7 Å². The normalized spacial score (nSPS) is 18.9. The van der Waals surface area contributed by atoms with Crippen molar-refractivity contribution < 1.29 is 37.5 Å². The van der Waals surface area contributed by atoms with Crippen LogP contribution in [0.4, 0.5) is 19.0 Å². The van der Waals surface area contributed by atoms with Gasteiger partial charge in [0.25, 0.3) is 5.91 Å². The Kier molecular flexibility index (Phi) is 6.60. The standard InChI is InChI=1S/C22H19N5O3.C2HF3O2/c23-9-13-8-16(11-1-2-11)20(24)26-19(13)12-3-4-15-14(7-12)10-27(22(15)30)17-5-6-18(28)25-21(17)29;3-2(4,5)1(6)7/h3-4,7-8,11,17H,1-2,5-6,10H2,(H2,24,26)(H,25,28,29);(H,6,7). The highest BCUT2D eigenvalue weighted by molar-refractivity contribution is 6.05. The molecule has 2 fully saturated rings. The lowest BCUT2D eigenvalue weighted by Crippen LogP contribution is -2.52. The van der Waals surface area contributed by atoms with Crippen LogP contribution >= 0.6 is 0 Å².